The van der Waals surface area contributed by atoms with Gasteiger partial charge in [-0.3, -0.25) is 0 Å². The largest absolute Gasteiger partial charge is 0.224 e. The van der Waals surface area contributed by atoms with Crippen molar-refractivity contribution in [1.82, 2.24) is 0 Å². The molecule has 0 aromatic heterocycles. The van der Waals surface area contributed by atoms with Crippen LogP contribution in [0.15, 0.2) is 21.9 Å². The van der Waals surface area contributed by atoms with Gasteiger partial charge in [0.05, 0.1) is 21.3 Å². The van der Waals surface area contributed by atoms with Crippen molar-refractivity contribution in [3.8, 4) is 22.9 Å². The summed E-state index contributed by atoms with van der Waals surface area (Å²) in [5.74, 6) is 6.21. The van der Waals surface area contributed by atoms with E-state index in [1.807, 2.05) is 0 Å². The Kier molecular flexibility index (Phi) is 12.7. The minimum absolute atomic E-state index is 0.0264. The molecule has 0 radical (unpaired) electrons. The fraction of sp³-hybridized carbons (Fsp3) is 0.643. The molecule has 1 aromatic rings. The summed E-state index contributed by atoms with van der Waals surface area (Å²) < 4.78 is 53.8. The van der Waals surface area contributed by atoms with E-state index in [1.54, 1.807) is 0 Å². The second-order valence-corrected chi connectivity index (χ2v) is 25.3. The van der Waals surface area contributed by atoms with E-state index in [0.717, 1.165) is 38.5 Å². The van der Waals surface area contributed by atoms with Crippen LogP contribution in [-0.4, -0.2) is 44.5 Å². The van der Waals surface area contributed by atoms with Crippen molar-refractivity contribution >= 4 is 35.8 Å². The molecule has 0 spiro atoms. The Hall–Kier alpha value is -1.33. The van der Waals surface area contributed by atoms with Crippen molar-refractivity contribution in [3.05, 3.63) is 23.3 Å². The van der Waals surface area contributed by atoms with Crippen molar-refractivity contribution < 1.29 is 16.8 Å². The Morgan fingerprint density at radius 3 is 1.19 bits per heavy atom. The van der Waals surface area contributed by atoms with Crippen LogP contribution in [0.5, 0.6) is 0 Å². The number of unbranched alkanes of at least 4 members (excludes halogenated alkanes) is 6. The lowest BCUT2D eigenvalue weighted by Gasteiger charge is -2.14. The highest BCUT2D eigenvalue weighted by Gasteiger charge is 2.26. The number of hydrogen-bond donors (Lipinski definition) is 0. The molecule has 0 amide bonds. The second-order valence-electron chi connectivity index (χ2n) is 11.6. The fourth-order valence-electron chi connectivity index (χ4n) is 3.44. The van der Waals surface area contributed by atoms with Gasteiger partial charge in [0.2, 0.25) is 0 Å². The van der Waals surface area contributed by atoms with E-state index in [9.17, 15) is 16.8 Å². The van der Waals surface area contributed by atoms with Crippen LogP contribution in [0.3, 0.4) is 0 Å². The lowest BCUT2D eigenvalue weighted by molar-refractivity contribution is 0.585. The third kappa shape index (κ3) is 11.8. The van der Waals surface area contributed by atoms with E-state index in [1.165, 1.54) is 12.1 Å². The highest BCUT2D eigenvalue weighted by Crippen LogP contribution is 2.27. The predicted molar refractivity (Wildman–Crippen MR) is 159 cm³/mol. The van der Waals surface area contributed by atoms with E-state index in [-0.39, 0.29) is 21.3 Å². The maximum Gasteiger partial charge on any atom is 0.179 e. The SMILES string of the molecule is CCCCCCS(=O)(=O)c1cc(C#C[Si](C)(C)C)c(S(=O)(=O)CCCCCC)cc1C#C[Si](C)(C)C. The van der Waals surface area contributed by atoms with Gasteiger partial charge in [0.25, 0.3) is 0 Å². The standard InChI is InChI=1S/C28H46O4S2Si2/c1-9-11-13-15-19-33(29,30)27-23-26(18-22-36(6,7)8)28(24-25(27)17-21-35(3,4)5)34(31,32)20-16-14-12-10-2/h23-24H,9-16,19-20H2,1-8H3. The zero-order valence-electron chi connectivity index (χ0n) is 23.7. The first-order valence-electron chi connectivity index (χ1n) is 13.2. The Morgan fingerprint density at radius 2 is 0.917 bits per heavy atom. The van der Waals surface area contributed by atoms with Crippen LogP contribution in [0, 0.1) is 22.9 Å². The van der Waals surface area contributed by atoms with Gasteiger partial charge in [-0.1, -0.05) is 103 Å². The van der Waals surface area contributed by atoms with Gasteiger partial charge in [-0.2, -0.15) is 0 Å². The zero-order chi connectivity index (χ0) is 27.6. The summed E-state index contributed by atoms with van der Waals surface area (Å²) in [6.45, 7) is 16.7. The van der Waals surface area contributed by atoms with Gasteiger partial charge in [-0.25, -0.2) is 16.8 Å². The van der Waals surface area contributed by atoms with Crippen LogP contribution < -0.4 is 0 Å². The van der Waals surface area contributed by atoms with Crippen LogP contribution in [0.2, 0.25) is 39.3 Å². The molecule has 4 nitrogen and oxygen atoms in total. The molecule has 36 heavy (non-hydrogen) atoms. The van der Waals surface area contributed by atoms with Crippen molar-refractivity contribution in [3.63, 3.8) is 0 Å². The van der Waals surface area contributed by atoms with E-state index in [2.05, 4.69) is 76.1 Å². The van der Waals surface area contributed by atoms with Gasteiger partial charge in [0.1, 0.15) is 16.1 Å². The monoisotopic (exact) mass is 566 g/mol. The highest BCUT2D eigenvalue weighted by atomic mass is 32.2. The first-order chi connectivity index (χ1) is 16.5. The molecule has 0 bridgehead atoms. The summed E-state index contributed by atoms with van der Waals surface area (Å²) >= 11 is 0. The van der Waals surface area contributed by atoms with Crippen molar-refractivity contribution in [1.29, 1.82) is 0 Å². The normalized spacial score (nSPS) is 12.4. The number of benzene rings is 1. The summed E-state index contributed by atoms with van der Waals surface area (Å²) in [4.78, 5) is 0.240. The molecule has 0 saturated carbocycles. The molecule has 202 valence electrons. The summed E-state index contributed by atoms with van der Waals surface area (Å²) in [6, 6.07) is 2.99. The van der Waals surface area contributed by atoms with E-state index in [4.69, 9.17) is 0 Å². The molecule has 0 aliphatic rings. The molecule has 0 atom stereocenters. The molecule has 0 heterocycles. The first kappa shape index (κ1) is 32.7. The average molecular weight is 567 g/mol. The Balaban J connectivity index is 3.81. The smallest absolute Gasteiger partial charge is 0.179 e. The summed E-state index contributed by atoms with van der Waals surface area (Å²) in [6.07, 6.45) is 6.85. The summed E-state index contributed by atoms with van der Waals surface area (Å²) in [5.41, 5.74) is 7.06. The molecule has 0 aliphatic carbocycles. The van der Waals surface area contributed by atoms with Crippen LogP contribution >= 0.6 is 0 Å². The lowest BCUT2D eigenvalue weighted by Crippen LogP contribution is -2.18. The van der Waals surface area contributed by atoms with Crippen molar-refractivity contribution in [2.75, 3.05) is 11.5 Å². The molecule has 0 saturated heterocycles. The van der Waals surface area contributed by atoms with Gasteiger partial charge < -0.3 is 0 Å². The minimum Gasteiger partial charge on any atom is -0.224 e. The second kappa shape index (κ2) is 14.0. The van der Waals surface area contributed by atoms with Gasteiger partial charge in [-0.15, -0.1) is 11.1 Å². The zero-order valence-corrected chi connectivity index (χ0v) is 27.3. The van der Waals surface area contributed by atoms with Crippen LogP contribution in [-0.2, 0) is 19.7 Å². The van der Waals surface area contributed by atoms with Crippen LogP contribution in [0.25, 0.3) is 0 Å². The summed E-state index contributed by atoms with van der Waals surface area (Å²) in [5, 5.41) is 0. The number of sulfone groups is 2. The quantitative estimate of drug-likeness (QED) is 0.158. The maximum absolute atomic E-state index is 13.5. The van der Waals surface area contributed by atoms with Gasteiger partial charge in [0.15, 0.2) is 19.7 Å². The van der Waals surface area contributed by atoms with Crippen LogP contribution in [0.4, 0.5) is 0 Å². The molecule has 0 fully saturated rings. The van der Waals surface area contributed by atoms with Crippen molar-refractivity contribution in [2.45, 2.75) is 114 Å². The number of hydrogen-bond acceptors (Lipinski definition) is 4. The van der Waals surface area contributed by atoms with Crippen molar-refractivity contribution in [2.24, 2.45) is 0 Å². The average Bonchev–Trinajstić information content (AvgIpc) is 2.75. The minimum atomic E-state index is -3.64. The topological polar surface area (TPSA) is 68.3 Å². The Labute approximate surface area is 223 Å². The lowest BCUT2D eigenvalue weighted by atomic mass is 10.1. The van der Waals surface area contributed by atoms with Gasteiger partial charge >= 0.3 is 0 Å². The molecule has 1 aromatic carbocycles. The maximum atomic E-state index is 13.5. The molecule has 8 heteroatoms. The summed E-state index contributed by atoms with van der Waals surface area (Å²) in [7, 11) is -10.9. The first-order valence-corrected chi connectivity index (χ1v) is 23.5. The van der Waals surface area contributed by atoms with E-state index in [0.29, 0.717) is 24.0 Å². The molecule has 0 aliphatic heterocycles. The van der Waals surface area contributed by atoms with Gasteiger partial charge in [-0.05, 0) is 25.0 Å². The molecule has 0 N–H and O–H groups in total. The Bertz CT molecular complexity index is 1120. The third-order valence-electron chi connectivity index (χ3n) is 5.43. The molecular weight excluding hydrogens is 521 g/mol. The molecular formula is C28H46O4S2Si2. The predicted octanol–water partition coefficient (Wildman–Crippen LogP) is 6.85. The van der Waals surface area contributed by atoms with Crippen LogP contribution in [0.1, 0.15) is 76.3 Å². The fourth-order valence-corrected chi connectivity index (χ4v) is 7.55. The van der Waals surface area contributed by atoms with Gasteiger partial charge in [0, 0.05) is 11.1 Å². The number of rotatable bonds is 12. The molecule has 0 unspecified atom stereocenters. The third-order valence-corrected chi connectivity index (χ3v) is 10.8. The van der Waals surface area contributed by atoms with E-state index >= 15 is 0 Å². The highest BCUT2D eigenvalue weighted by molar-refractivity contribution is 7.92. The van der Waals surface area contributed by atoms with E-state index < -0.39 is 35.8 Å². The Morgan fingerprint density at radius 1 is 0.583 bits per heavy atom. The molecule has 1 rings (SSSR count).